The molecule has 0 radical (unpaired) electrons. The number of rotatable bonds is 9. The molecule has 108 valence electrons. The second kappa shape index (κ2) is 9.76. The topological polar surface area (TPSA) is 24.5 Å². The van der Waals surface area contributed by atoms with Crippen molar-refractivity contribution in [3.8, 4) is 0 Å². The quantitative estimate of drug-likeness (QED) is 0.686. The molecule has 0 bridgehead atoms. The molecule has 0 aromatic carbocycles. The van der Waals surface area contributed by atoms with Crippen LogP contribution in [0.25, 0.3) is 0 Å². The SMILES string of the molecule is CCCNC(C)CCN1CCCC(OCCC)C1. The zero-order valence-electron chi connectivity index (χ0n) is 12.6. The number of hydrogen-bond donors (Lipinski definition) is 1. The molecule has 1 fully saturated rings. The Hall–Kier alpha value is -0.120. The molecule has 0 spiro atoms. The van der Waals surface area contributed by atoms with Gasteiger partial charge in [-0.3, -0.25) is 0 Å². The molecule has 18 heavy (non-hydrogen) atoms. The van der Waals surface area contributed by atoms with Crippen LogP contribution in [0.4, 0.5) is 0 Å². The summed E-state index contributed by atoms with van der Waals surface area (Å²) in [6, 6.07) is 0.641. The van der Waals surface area contributed by atoms with E-state index in [1.807, 2.05) is 0 Å². The van der Waals surface area contributed by atoms with Crippen molar-refractivity contribution in [2.24, 2.45) is 0 Å². The lowest BCUT2D eigenvalue weighted by Gasteiger charge is -2.33. The third-order valence-electron chi connectivity index (χ3n) is 3.64. The van der Waals surface area contributed by atoms with Crippen LogP contribution in [-0.2, 0) is 4.74 Å². The Bertz CT molecular complexity index is 199. The lowest BCUT2D eigenvalue weighted by atomic mass is 10.1. The molecule has 3 heteroatoms. The predicted octanol–water partition coefficient (Wildman–Crippen LogP) is 2.66. The van der Waals surface area contributed by atoms with Crippen molar-refractivity contribution in [1.82, 2.24) is 10.2 Å². The highest BCUT2D eigenvalue weighted by Gasteiger charge is 2.20. The molecular weight excluding hydrogens is 224 g/mol. The smallest absolute Gasteiger partial charge is 0.0702 e. The maximum atomic E-state index is 5.88. The van der Waals surface area contributed by atoms with Gasteiger partial charge in [-0.05, 0) is 58.7 Å². The van der Waals surface area contributed by atoms with Gasteiger partial charge in [0.05, 0.1) is 6.10 Å². The summed E-state index contributed by atoms with van der Waals surface area (Å²) < 4.78 is 5.88. The van der Waals surface area contributed by atoms with E-state index in [2.05, 4.69) is 31.0 Å². The minimum absolute atomic E-state index is 0.484. The standard InChI is InChI=1S/C15H32N2O/c1-4-9-16-14(3)8-11-17-10-6-7-15(13-17)18-12-5-2/h14-16H,4-13H2,1-3H3. The molecule has 0 amide bonds. The molecule has 1 aliphatic rings. The van der Waals surface area contributed by atoms with Gasteiger partial charge in [-0.2, -0.15) is 0 Å². The summed E-state index contributed by atoms with van der Waals surface area (Å²) in [5, 5.41) is 3.56. The van der Waals surface area contributed by atoms with Gasteiger partial charge in [0.1, 0.15) is 0 Å². The number of likely N-dealkylation sites (tertiary alicyclic amines) is 1. The summed E-state index contributed by atoms with van der Waals surface area (Å²) in [6.07, 6.45) is 6.64. The molecule has 1 N–H and O–H groups in total. The van der Waals surface area contributed by atoms with E-state index < -0.39 is 0 Å². The molecule has 0 aromatic heterocycles. The monoisotopic (exact) mass is 256 g/mol. The fourth-order valence-electron chi connectivity index (χ4n) is 2.51. The molecule has 1 aliphatic heterocycles. The number of nitrogens with zero attached hydrogens (tertiary/aromatic N) is 1. The van der Waals surface area contributed by atoms with Crippen molar-refractivity contribution in [2.75, 3.05) is 32.8 Å². The molecule has 0 aromatic rings. The number of hydrogen-bond acceptors (Lipinski definition) is 3. The molecule has 0 saturated carbocycles. The van der Waals surface area contributed by atoms with Crippen LogP contribution in [0.3, 0.4) is 0 Å². The van der Waals surface area contributed by atoms with E-state index in [1.165, 1.54) is 38.8 Å². The van der Waals surface area contributed by atoms with Gasteiger partial charge >= 0.3 is 0 Å². The maximum absolute atomic E-state index is 5.88. The number of nitrogens with one attached hydrogen (secondary N) is 1. The Kier molecular flexibility index (Phi) is 8.64. The van der Waals surface area contributed by atoms with Gasteiger partial charge < -0.3 is 15.0 Å². The number of piperidine rings is 1. The Morgan fingerprint density at radius 1 is 1.33 bits per heavy atom. The lowest BCUT2D eigenvalue weighted by Crippen LogP contribution is -2.42. The highest BCUT2D eigenvalue weighted by Crippen LogP contribution is 2.14. The third-order valence-corrected chi connectivity index (χ3v) is 3.64. The summed E-state index contributed by atoms with van der Waals surface area (Å²) in [4.78, 5) is 2.58. The van der Waals surface area contributed by atoms with Gasteiger partial charge in [-0.15, -0.1) is 0 Å². The van der Waals surface area contributed by atoms with Crippen molar-refractivity contribution in [3.05, 3.63) is 0 Å². The Balaban J connectivity index is 2.13. The average molecular weight is 256 g/mol. The van der Waals surface area contributed by atoms with Gasteiger partial charge in [0.2, 0.25) is 0 Å². The Labute approximate surface area is 113 Å². The van der Waals surface area contributed by atoms with Crippen molar-refractivity contribution < 1.29 is 4.74 Å². The number of ether oxygens (including phenoxy) is 1. The second-order valence-electron chi connectivity index (χ2n) is 5.58. The Morgan fingerprint density at radius 2 is 2.17 bits per heavy atom. The first kappa shape index (κ1) is 15.9. The van der Waals surface area contributed by atoms with E-state index in [0.29, 0.717) is 12.1 Å². The van der Waals surface area contributed by atoms with E-state index in [-0.39, 0.29) is 0 Å². The largest absolute Gasteiger partial charge is 0.377 e. The third kappa shape index (κ3) is 6.72. The fourth-order valence-corrected chi connectivity index (χ4v) is 2.51. The summed E-state index contributed by atoms with van der Waals surface area (Å²) in [7, 11) is 0. The van der Waals surface area contributed by atoms with Gasteiger partial charge in [0, 0.05) is 19.2 Å². The lowest BCUT2D eigenvalue weighted by molar-refractivity contribution is -0.000727. The van der Waals surface area contributed by atoms with Crippen LogP contribution in [-0.4, -0.2) is 49.8 Å². The van der Waals surface area contributed by atoms with Gasteiger partial charge in [-0.1, -0.05) is 13.8 Å². The summed E-state index contributed by atoms with van der Waals surface area (Å²) >= 11 is 0. The van der Waals surface area contributed by atoms with Gasteiger partial charge in [0.25, 0.3) is 0 Å². The van der Waals surface area contributed by atoms with Gasteiger partial charge in [-0.25, -0.2) is 0 Å². The first-order chi connectivity index (χ1) is 8.76. The van der Waals surface area contributed by atoms with E-state index in [4.69, 9.17) is 4.74 Å². The van der Waals surface area contributed by atoms with Crippen LogP contribution in [0, 0.1) is 0 Å². The fraction of sp³-hybridized carbons (Fsp3) is 1.00. The van der Waals surface area contributed by atoms with Crippen LogP contribution >= 0.6 is 0 Å². The molecule has 0 aliphatic carbocycles. The van der Waals surface area contributed by atoms with Crippen molar-refractivity contribution in [2.45, 2.75) is 65.0 Å². The van der Waals surface area contributed by atoms with Crippen LogP contribution in [0.1, 0.15) is 52.9 Å². The minimum Gasteiger partial charge on any atom is -0.377 e. The minimum atomic E-state index is 0.484. The summed E-state index contributed by atoms with van der Waals surface area (Å²) in [5.41, 5.74) is 0. The highest BCUT2D eigenvalue weighted by atomic mass is 16.5. The summed E-state index contributed by atoms with van der Waals surface area (Å²) in [6.45, 7) is 12.4. The van der Waals surface area contributed by atoms with E-state index >= 15 is 0 Å². The predicted molar refractivity (Wildman–Crippen MR) is 78.1 cm³/mol. The molecular formula is C15H32N2O. The molecule has 1 heterocycles. The van der Waals surface area contributed by atoms with Gasteiger partial charge in [0.15, 0.2) is 0 Å². The van der Waals surface area contributed by atoms with E-state index in [9.17, 15) is 0 Å². The second-order valence-corrected chi connectivity index (χ2v) is 5.58. The zero-order chi connectivity index (χ0) is 13.2. The van der Waals surface area contributed by atoms with Crippen LogP contribution in [0.2, 0.25) is 0 Å². The molecule has 2 atom stereocenters. The Morgan fingerprint density at radius 3 is 2.89 bits per heavy atom. The molecule has 1 rings (SSSR count). The zero-order valence-corrected chi connectivity index (χ0v) is 12.6. The van der Waals surface area contributed by atoms with E-state index in [1.54, 1.807) is 0 Å². The van der Waals surface area contributed by atoms with Crippen molar-refractivity contribution in [1.29, 1.82) is 0 Å². The van der Waals surface area contributed by atoms with Crippen LogP contribution < -0.4 is 5.32 Å². The first-order valence-electron chi connectivity index (χ1n) is 7.83. The van der Waals surface area contributed by atoms with E-state index in [0.717, 1.165) is 26.1 Å². The molecule has 1 saturated heterocycles. The average Bonchev–Trinajstić information content (AvgIpc) is 2.41. The first-order valence-corrected chi connectivity index (χ1v) is 7.83. The normalized spacial score (nSPS) is 23.2. The molecule has 3 nitrogen and oxygen atoms in total. The summed E-state index contributed by atoms with van der Waals surface area (Å²) in [5.74, 6) is 0. The maximum Gasteiger partial charge on any atom is 0.0702 e. The van der Waals surface area contributed by atoms with Crippen molar-refractivity contribution >= 4 is 0 Å². The van der Waals surface area contributed by atoms with Crippen LogP contribution in [0.5, 0.6) is 0 Å². The molecule has 2 unspecified atom stereocenters. The van der Waals surface area contributed by atoms with Crippen LogP contribution in [0.15, 0.2) is 0 Å². The van der Waals surface area contributed by atoms with Crippen molar-refractivity contribution in [3.63, 3.8) is 0 Å². The highest BCUT2D eigenvalue weighted by molar-refractivity contribution is 4.74.